The molecule has 12 rings (SSSR count). The quantitative estimate of drug-likeness (QED) is 0.167. The number of pyridine rings is 1. The van der Waals surface area contributed by atoms with Crippen molar-refractivity contribution in [2.75, 3.05) is 0 Å². The van der Waals surface area contributed by atoms with Crippen LogP contribution in [0.1, 0.15) is 50.2 Å². The van der Waals surface area contributed by atoms with Crippen molar-refractivity contribution < 1.29 is 9.15 Å². The second kappa shape index (κ2) is 14.6. The van der Waals surface area contributed by atoms with Gasteiger partial charge in [0, 0.05) is 62.2 Å². The maximum atomic E-state index is 7.01. The zero-order valence-electron chi connectivity index (χ0n) is 35.5. The molecule has 5 nitrogen and oxygen atoms in total. The Morgan fingerprint density at radius 1 is 0.635 bits per heavy atom. The maximum absolute atomic E-state index is 7.01. The highest BCUT2D eigenvalue weighted by Gasteiger charge is 2.43. The fourth-order valence-corrected chi connectivity index (χ4v) is 10.3. The van der Waals surface area contributed by atoms with Crippen LogP contribution in [0.4, 0.5) is 0 Å². The summed E-state index contributed by atoms with van der Waals surface area (Å²) in [6, 6.07) is 44.3. The molecule has 5 unspecified atom stereocenters. The van der Waals surface area contributed by atoms with E-state index in [4.69, 9.17) is 24.1 Å². The van der Waals surface area contributed by atoms with E-state index in [2.05, 4.69) is 179 Å². The molecule has 4 aliphatic rings. The Labute approximate surface area is 367 Å². The van der Waals surface area contributed by atoms with Gasteiger partial charge in [0.15, 0.2) is 5.75 Å². The van der Waals surface area contributed by atoms with Crippen molar-refractivity contribution in [2.45, 2.75) is 38.7 Å². The summed E-state index contributed by atoms with van der Waals surface area (Å²) in [4.78, 5) is 15.8. The van der Waals surface area contributed by atoms with Gasteiger partial charge in [-0.25, -0.2) is 15.0 Å². The molecule has 0 N–H and O–H groups in total. The highest BCUT2D eigenvalue weighted by Crippen LogP contribution is 2.53. The highest BCUT2D eigenvalue weighted by molar-refractivity contribution is 6.10. The van der Waals surface area contributed by atoms with Crippen LogP contribution < -0.4 is 4.74 Å². The van der Waals surface area contributed by atoms with Crippen molar-refractivity contribution in [3.8, 4) is 39.4 Å². The number of fused-ring (bicyclic) bond motifs is 8. The third kappa shape index (κ3) is 6.25. The van der Waals surface area contributed by atoms with Gasteiger partial charge in [-0.3, -0.25) is 0 Å². The van der Waals surface area contributed by atoms with Gasteiger partial charge in [0.25, 0.3) is 0 Å². The van der Waals surface area contributed by atoms with Gasteiger partial charge in [0.05, 0.1) is 16.9 Å². The molecule has 63 heavy (non-hydrogen) atoms. The van der Waals surface area contributed by atoms with Gasteiger partial charge in [0.1, 0.15) is 28.3 Å². The highest BCUT2D eigenvalue weighted by atomic mass is 16.5. The molecule has 5 atom stereocenters. The molecule has 0 amide bonds. The van der Waals surface area contributed by atoms with Gasteiger partial charge >= 0.3 is 0 Å². The zero-order valence-corrected chi connectivity index (χ0v) is 35.5. The first-order valence-corrected chi connectivity index (χ1v) is 22.1. The number of nitrogens with zero attached hydrogens (tertiary/aromatic N) is 3. The van der Waals surface area contributed by atoms with E-state index in [9.17, 15) is 0 Å². The van der Waals surface area contributed by atoms with Gasteiger partial charge in [-0.15, -0.1) is 0 Å². The molecular weight excluding hydrogens is 771 g/mol. The number of benzene rings is 5. The lowest BCUT2D eigenvalue weighted by atomic mass is 9.76. The summed E-state index contributed by atoms with van der Waals surface area (Å²) < 4.78 is 13.5. The number of aromatic nitrogens is 3. The first-order valence-electron chi connectivity index (χ1n) is 22.1. The predicted octanol–water partition coefficient (Wildman–Crippen LogP) is 14.5. The Balaban J connectivity index is 0.892. The number of hydrogen-bond donors (Lipinski definition) is 0. The lowest BCUT2D eigenvalue weighted by molar-refractivity contribution is 0.169. The number of furan rings is 1. The third-order valence-electron chi connectivity index (χ3n) is 13.6. The average Bonchev–Trinajstić information content (AvgIpc) is 3.87. The molecular formula is C58H45N3O2. The molecule has 5 heteroatoms. The average molecular weight is 816 g/mol. The number of rotatable bonds is 6. The van der Waals surface area contributed by atoms with Crippen molar-refractivity contribution >= 4 is 44.0 Å². The molecule has 5 aromatic carbocycles. The molecule has 0 fully saturated rings. The molecule has 0 spiro atoms. The van der Waals surface area contributed by atoms with Crippen LogP contribution in [0.3, 0.4) is 0 Å². The Kier molecular flexibility index (Phi) is 8.68. The molecule has 3 aromatic heterocycles. The van der Waals surface area contributed by atoms with Crippen molar-refractivity contribution in [3.63, 3.8) is 0 Å². The summed E-state index contributed by atoms with van der Waals surface area (Å²) in [5.74, 6) is 2.40. The molecule has 304 valence electrons. The topological polar surface area (TPSA) is 61.0 Å². The lowest BCUT2D eigenvalue weighted by Gasteiger charge is -2.29. The molecule has 3 aliphatic carbocycles. The Hall–Kier alpha value is -7.37. The van der Waals surface area contributed by atoms with Crippen LogP contribution in [0.25, 0.3) is 77.6 Å². The summed E-state index contributed by atoms with van der Waals surface area (Å²) in [6.45, 7) is 6.82. The van der Waals surface area contributed by atoms with Crippen molar-refractivity contribution in [1.82, 2.24) is 15.0 Å². The van der Waals surface area contributed by atoms with Crippen molar-refractivity contribution in [3.05, 3.63) is 205 Å². The SMILES string of the molecule is CC1C=C(c2nc3cc(-c4cccc5c4oc4ccccc45)ccc3c3c2OC2(C)CC=CC=C32)C=CC1C1=CC(C)C(c2nc(-c3ccccc3)cc(-c3ccccc3)n2)C=C1. The number of hydrogen-bond acceptors (Lipinski definition) is 5. The monoisotopic (exact) mass is 815 g/mol. The Morgan fingerprint density at radius 2 is 1.35 bits per heavy atom. The summed E-state index contributed by atoms with van der Waals surface area (Å²) in [7, 11) is 0. The van der Waals surface area contributed by atoms with Crippen LogP contribution in [0.15, 0.2) is 192 Å². The van der Waals surface area contributed by atoms with Crippen LogP contribution >= 0.6 is 0 Å². The van der Waals surface area contributed by atoms with E-state index in [-0.39, 0.29) is 23.7 Å². The van der Waals surface area contributed by atoms with Gasteiger partial charge in [-0.1, -0.05) is 178 Å². The van der Waals surface area contributed by atoms with E-state index in [1.165, 1.54) is 11.1 Å². The van der Waals surface area contributed by atoms with E-state index < -0.39 is 5.60 Å². The van der Waals surface area contributed by atoms with Crippen LogP contribution in [0.5, 0.6) is 5.75 Å². The van der Waals surface area contributed by atoms with Crippen LogP contribution in [0, 0.1) is 17.8 Å². The number of ether oxygens (including phenoxy) is 1. The molecule has 0 radical (unpaired) electrons. The first-order chi connectivity index (χ1) is 30.9. The zero-order chi connectivity index (χ0) is 42.2. The van der Waals surface area contributed by atoms with Gasteiger partial charge in [-0.05, 0) is 53.7 Å². The van der Waals surface area contributed by atoms with Gasteiger partial charge < -0.3 is 9.15 Å². The third-order valence-corrected chi connectivity index (χ3v) is 13.6. The fraction of sp³-hybridized carbons (Fsp3) is 0.155. The summed E-state index contributed by atoms with van der Waals surface area (Å²) in [5, 5.41) is 3.34. The second-order valence-corrected chi connectivity index (χ2v) is 17.7. The van der Waals surface area contributed by atoms with Crippen LogP contribution in [0.2, 0.25) is 0 Å². The van der Waals surface area contributed by atoms with Crippen LogP contribution in [-0.2, 0) is 0 Å². The van der Waals surface area contributed by atoms with E-state index in [0.29, 0.717) is 0 Å². The van der Waals surface area contributed by atoms with Gasteiger partial charge in [-0.2, -0.15) is 0 Å². The Morgan fingerprint density at radius 3 is 2.11 bits per heavy atom. The smallest absolute Gasteiger partial charge is 0.155 e. The summed E-state index contributed by atoms with van der Waals surface area (Å²) in [6.07, 6.45) is 21.5. The minimum atomic E-state index is -0.454. The molecule has 0 saturated carbocycles. The minimum Gasteiger partial charge on any atom is -0.480 e. The molecule has 0 bridgehead atoms. The van der Waals surface area contributed by atoms with Crippen molar-refractivity contribution in [1.29, 1.82) is 0 Å². The fourth-order valence-electron chi connectivity index (χ4n) is 10.3. The van der Waals surface area contributed by atoms with E-state index in [0.717, 1.165) is 101 Å². The lowest BCUT2D eigenvalue weighted by Crippen LogP contribution is -2.29. The molecule has 8 aromatic rings. The Bertz CT molecular complexity index is 3290. The number of para-hydroxylation sites is 2. The molecule has 0 saturated heterocycles. The minimum absolute atomic E-state index is 0.0489. The van der Waals surface area contributed by atoms with E-state index in [1.54, 1.807) is 0 Å². The number of allylic oxidation sites excluding steroid dienone is 10. The summed E-state index contributed by atoms with van der Waals surface area (Å²) >= 11 is 0. The standard InChI is InChI=1S/C58H45N3O2/c1-35-32-41(26-27-42(35)39-24-28-43(36(2)31-39)57-60-49(37-15-6-4-7-16-37)34-50(61-57)38-17-8-5-9-18-38)54-56-53(48-22-12-13-30-58(48,3)63-56)47-29-25-40(33-51(47)59-54)44-20-14-21-46-45-19-10-11-23-52(45)62-55(44)46/h4-29,31-36,42-43H,30H2,1-3H3. The van der Waals surface area contributed by atoms with Gasteiger partial charge in [0.2, 0.25) is 0 Å². The largest absolute Gasteiger partial charge is 0.480 e. The predicted molar refractivity (Wildman–Crippen MR) is 257 cm³/mol. The molecule has 1 aliphatic heterocycles. The molecule has 4 heterocycles. The maximum Gasteiger partial charge on any atom is 0.155 e. The van der Waals surface area contributed by atoms with E-state index >= 15 is 0 Å². The van der Waals surface area contributed by atoms with Crippen molar-refractivity contribution in [2.24, 2.45) is 17.8 Å². The second-order valence-electron chi connectivity index (χ2n) is 17.7. The first kappa shape index (κ1) is 37.4. The normalized spacial score (nSPS) is 22.4. The van der Waals surface area contributed by atoms with Crippen LogP contribution in [-0.4, -0.2) is 20.6 Å². The summed E-state index contributed by atoms with van der Waals surface area (Å²) in [5.41, 5.74) is 14.1. The van der Waals surface area contributed by atoms with E-state index in [1.807, 2.05) is 24.3 Å².